The smallest absolute Gasteiger partial charge is 0.252 e. The van der Waals surface area contributed by atoms with Crippen LogP contribution in [0.25, 0.3) is 17.2 Å². The predicted molar refractivity (Wildman–Crippen MR) is 141 cm³/mol. The lowest BCUT2D eigenvalue weighted by molar-refractivity contribution is 0.122. The summed E-state index contributed by atoms with van der Waals surface area (Å²) in [7, 11) is 1.96. The molecule has 2 aliphatic rings. The number of benzene rings is 1. The van der Waals surface area contributed by atoms with E-state index in [4.69, 9.17) is 19.8 Å². The third kappa shape index (κ3) is 5.00. The summed E-state index contributed by atoms with van der Waals surface area (Å²) in [6.45, 7) is 7.80. The second-order valence-corrected chi connectivity index (χ2v) is 9.33. The highest BCUT2D eigenvalue weighted by Gasteiger charge is 2.29. The monoisotopic (exact) mass is 506 g/mol. The fourth-order valence-electron chi connectivity index (χ4n) is 4.85. The summed E-state index contributed by atoms with van der Waals surface area (Å²) >= 11 is 0. The van der Waals surface area contributed by atoms with E-state index < -0.39 is 0 Å². The van der Waals surface area contributed by atoms with Crippen LogP contribution in [0.1, 0.15) is 22.5 Å². The first-order chi connectivity index (χ1) is 17.1. The van der Waals surface area contributed by atoms with Gasteiger partial charge < -0.3 is 9.64 Å². The van der Waals surface area contributed by atoms with Crippen molar-refractivity contribution < 1.29 is 4.74 Å². The van der Waals surface area contributed by atoms with Crippen molar-refractivity contribution >= 4 is 18.2 Å². The fourth-order valence-corrected chi connectivity index (χ4v) is 4.85. The summed E-state index contributed by atoms with van der Waals surface area (Å²) < 4.78 is 9.27. The summed E-state index contributed by atoms with van der Waals surface area (Å²) in [5, 5.41) is 9.35. The number of anilines is 1. The molecule has 6 rings (SSSR count). The Bertz CT molecular complexity index is 1340. The molecule has 0 radical (unpaired) electrons. The van der Waals surface area contributed by atoms with Crippen LogP contribution in [0.3, 0.4) is 0 Å². The Morgan fingerprint density at radius 1 is 0.972 bits per heavy atom. The molecule has 36 heavy (non-hydrogen) atoms. The largest absolute Gasteiger partial charge is 0.378 e. The molecule has 188 valence electrons. The van der Waals surface area contributed by atoms with E-state index in [0.717, 1.165) is 80.8 Å². The molecular weight excluding hydrogens is 476 g/mol. The Morgan fingerprint density at radius 2 is 1.83 bits per heavy atom. The van der Waals surface area contributed by atoms with Crippen molar-refractivity contribution in [1.29, 1.82) is 0 Å². The van der Waals surface area contributed by atoms with Gasteiger partial charge in [-0.15, -0.1) is 12.4 Å². The van der Waals surface area contributed by atoms with E-state index in [-0.39, 0.29) is 12.4 Å². The first-order valence-electron chi connectivity index (χ1n) is 12.2. The first-order valence-corrected chi connectivity index (χ1v) is 12.2. The Hall–Kier alpha value is -3.27. The van der Waals surface area contributed by atoms with Crippen molar-refractivity contribution in [2.75, 3.05) is 37.7 Å². The summed E-state index contributed by atoms with van der Waals surface area (Å²) in [5.41, 5.74) is 6.66. The number of aromatic nitrogens is 6. The summed E-state index contributed by atoms with van der Waals surface area (Å²) in [5.74, 6) is 1.64. The van der Waals surface area contributed by atoms with Crippen molar-refractivity contribution in [3.63, 3.8) is 0 Å². The minimum Gasteiger partial charge on any atom is -0.378 e. The van der Waals surface area contributed by atoms with Crippen LogP contribution in [0.5, 0.6) is 0 Å². The Morgan fingerprint density at radius 3 is 2.61 bits per heavy atom. The maximum absolute atomic E-state index is 5.61. The Kier molecular flexibility index (Phi) is 7.04. The molecule has 0 amide bonds. The van der Waals surface area contributed by atoms with Gasteiger partial charge in [0.2, 0.25) is 0 Å². The molecule has 1 aromatic carbocycles. The molecule has 3 aromatic heterocycles. The van der Waals surface area contributed by atoms with E-state index in [2.05, 4.69) is 52.2 Å². The molecule has 0 N–H and O–H groups in total. The number of aryl methyl sites for hydroxylation is 2. The van der Waals surface area contributed by atoms with E-state index in [1.807, 2.05) is 30.2 Å². The van der Waals surface area contributed by atoms with Gasteiger partial charge in [-0.2, -0.15) is 15.2 Å². The lowest BCUT2D eigenvalue weighted by Gasteiger charge is -2.29. The molecule has 0 aliphatic carbocycles. The first kappa shape index (κ1) is 24.4. The molecule has 0 atom stereocenters. The molecule has 0 bridgehead atoms. The highest BCUT2D eigenvalue weighted by atomic mass is 35.5. The maximum Gasteiger partial charge on any atom is 0.252 e. The maximum atomic E-state index is 5.61. The summed E-state index contributed by atoms with van der Waals surface area (Å²) in [6, 6.07) is 12.5. The van der Waals surface area contributed by atoms with E-state index in [9.17, 15) is 0 Å². The molecule has 2 aliphatic heterocycles. The predicted octanol–water partition coefficient (Wildman–Crippen LogP) is 3.19. The zero-order chi connectivity index (χ0) is 23.8. The van der Waals surface area contributed by atoms with E-state index in [0.29, 0.717) is 5.95 Å². The molecule has 5 heterocycles. The lowest BCUT2D eigenvalue weighted by atomic mass is 10.1. The van der Waals surface area contributed by atoms with Gasteiger partial charge in [-0.05, 0) is 25.1 Å². The standard InChI is InChI=1S/C26H30N8O.ClH/c1-19-4-3-5-20(16-19)23-8-11-34(30-23)26-27-24-18-32(10-7-21-6-9-31(2)29-21)17-22(24)25(28-26)33-12-14-35-15-13-33;/h3-6,8-9,11,16H,7,10,12-15,17-18H2,1-2H3;1H. The highest BCUT2D eigenvalue weighted by molar-refractivity contribution is 5.85. The van der Waals surface area contributed by atoms with Gasteiger partial charge in [0.15, 0.2) is 0 Å². The molecule has 10 heteroatoms. The van der Waals surface area contributed by atoms with Crippen LogP contribution in [0.4, 0.5) is 5.82 Å². The zero-order valence-corrected chi connectivity index (χ0v) is 21.5. The van der Waals surface area contributed by atoms with Gasteiger partial charge in [-0.25, -0.2) is 9.67 Å². The summed E-state index contributed by atoms with van der Waals surface area (Å²) in [6.07, 6.45) is 4.87. The normalized spacial score (nSPS) is 15.7. The van der Waals surface area contributed by atoms with Crippen LogP contribution in [-0.4, -0.2) is 67.3 Å². The lowest BCUT2D eigenvalue weighted by Crippen LogP contribution is -2.37. The quantitative estimate of drug-likeness (QED) is 0.397. The van der Waals surface area contributed by atoms with Crippen molar-refractivity contribution in [2.45, 2.75) is 26.4 Å². The van der Waals surface area contributed by atoms with Crippen molar-refractivity contribution in [3.05, 3.63) is 71.3 Å². The Labute approximate surface area is 217 Å². The second kappa shape index (κ2) is 10.4. The van der Waals surface area contributed by atoms with Crippen LogP contribution < -0.4 is 4.90 Å². The van der Waals surface area contributed by atoms with Crippen molar-refractivity contribution in [2.24, 2.45) is 7.05 Å². The minimum atomic E-state index is 0. The SMILES string of the molecule is Cc1cccc(-c2ccn(-c3nc4c(c(N5CCOCC5)n3)CN(CCc3ccn(C)n3)C4)n2)c1.Cl. The third-order valence-electron chi connectivity index (χ3n) is 6.69. The molecular formula is C26H31ClN8O. The van der Waals surface area contributed by atoms with Gasteiger partial charge in [0.1, 0.15) is 5.82 Å². The zero-order valence-electron chi connectivity index (χ0n) is 20.7. The molecule has 4 aromatic rings. The van der Waals surface area contributed by atoms with Crippen LogP contribution in [0.2, 0.25) is 0 Å². The van der Waals surface area contributed by atoms with Crippen molar-refractivity contribution in [3.8, 4) is 17.2 Å². The van der Waals surface area contributed by atoms with E-state index >= 15 is 0 Å². The topological polar surface area (TPSA) is 77.1 Å². The number of hydrogen-bond acceptors (Lipinski definition) is 7. The Balaban J connectivity index is 0.00000267. The molecule has 0 saturated carbocycles. The van der Waals surface area contributed by atoms with E-state index in [1.54, 1.807) is 4.68 Å². The number of nitrogens with zero attached hydrogens (tertiary/aromatic N) is 8. The highest BCUT2D eigenvalue weighted by Crippen LogP contribution is 2.31. The second-order valence-electron chi connectivity index (χ2n) is 9.33. The number of rotatable bonds is 6. The fraction of sp³-hybridized carbons (Fsp3) is 0.385. The van der Waals surface area contributed by atoms with Crippen LogP contribution in [0.15, 0.2) is 48.8 Å². The average Bonchev–Trinajstić information content (AvgIpc) is 3.62. The van der Waals surface area contributed by atoms with Gasteiger partial charge >= 0.3 is 0 Å². The van der Waals surface area contributed by atoms with Gasteiger partial charge in [-0.1, -0.05) is 23.8 Å². The number of hydrogen-bond donors (Lipinski definition) is 0. The molecule has 0 unspecified atom stereocenters. The van der Waals surface area contributed by atoms with Gasteiger partial charge in [-0.3, -0.25) is 9.58 Å². The molecule has 9 nitrogen and oxygen atoms in total. The van der Waals surface area contributed by atoms with Crippen molar-refractivity contribution in [1.82, 2.24) is 34.4 Å². The average molecular weight is 507 g/mol. The van der Waals surface area contributed by atoms with E-state index in [1.165, 1.54) is 11.1 Å². The van der Waals surface area contributed by atoms with Crippen LogP contribution in [0, 0.1) is 6.92 Å². The van der Waals surface area contributed by atoms with Gasteiger partial charge in [0.25, 0.3) is 5.95 Å². The van der Waals surface area contributed by atoms with Crippen LogP contribution in [-0.2, 0) is 31.3 Å². The third-order valence-corrected chi connectivity index (χ3v) is 6.69. The number of ether oxygens (including phenoxy) is 1. The van der Waals surface area contributed by atoms with Crippen LogP contribution >= 0.6 is 12.4 Å². The summed E-state index contributed by atoms with van der Waals surface area (Å²) in [4.78, 5) is 14.8. The van der Waals surface area contributed by atoms with Gasteiger partial charge in [0, 0.05) is 69.7 Å². The van der Waals surface area contributed by atoms with Gasteiger partial charge in [0.05, 0.1) is 30.3 Å². The minimum absolute atomic E-state index is 0. The number of fused-ring (bicyclic) bond motifs is 1. The molecule has 0 spiro atoms. The number of morpholine rings is 1. The number of halogens is 1. The molecule has 1 fully saturated rings. The molecule has 1 saturated heterocycles.